The fourth-order valence-electron chi connectivity index (χ4n) is 2.86. The van der Waals surface area contributed by atoms with Crippen LogP contribution in [-0.2, 0) is 17.4 Å². The van der Waals surface area contributed by atoms with Crippen molar-refractivity contribution in [2.75, 3.05) is 18.2 Å². The van der Waals surface area contributed by atoms with Gasteiger partial charge in [-0.05, 0) is 48.5 Å². The van der Waals surface area contributed by atoms with Gasteiger partial charge in [-0.25, -0.2) is 15.0 Å². The smallest absolute Gasteiger partial charge is 0.191 e. The van der Waals surface area contributed by atoms with E-state index in [1.165, 1.54) is 23.5 Å². The number of fused-ring (bicyclic) bond motifs is 1. The van der Waals surface area contributed by atoms with E-state index in [1.54, 1.807) is 0 Å². The predicted octanol–water partition coefficient (Wildman–Crippen LogP) is 5.06. The molecule has 9 heteroatoms. The van der Waals surface area contributed by atoms with Gasteiger partial charge >= 0.3 is 0 Å². The average molecular weight is 458 g/mol. The molecule has 166 valence electrons. The minimum absolute atomic E-state index is 0.214. The van der Waals surface area contributed by atoms with Crippen LogP contribution in [-0.4, -0.2) is 47.4 Å². The molecule has 0 bridgehead atoms. The number of aromatic nitrogens is 4. The summed E-state index contributed by atoms with van der Waals surface area (Å²) in [4.78, 5) is 27.8. The summed E-state index contributed by atoms with van der Waals surface area (Å²) in [7, 11) is -1.73. The van der Waals surface area contributed by atoms with Gasteiger partial charge in [0.05, 0.1) is 23.1 Å². The molecule has 31 heavy (non-hydrogen) atoms. The first-order valence-corrected chi connectivity index (χ1v) is 14.5. The van der Waals surface area contributed by atoms with E-state index in [0.717, 1.165) is 36.2 Å². The third kappa shape index (κ3) is 5.72. The molecule has 0 saturated carbocycles. The second kappa shape index (κ2) is 9.50. The number of H-pyrrole nitrogens is 1. The number of carbonyl (C=O) groups excluding carboxylic acids is 1. The standard InChI is InChI=1S/C22H31N5O2SSi/c1-22(2,3)31(5,6)29-10-9-15-7-8-17-18(11-15)26-19(25-17)13-23-20-16(14-28)12-24-21(27-20)30-4/h7-8,11-12,14H,9-10,13H2,1-6H3,(H,25,26)(H,23,24,27). The second-order valence-corrected chi connectivity index (χ2v) is 14.6. The summed E-state index contributed by atoms with van der Waals surface area (Å²) in [5, 5.41) is 4.02. The lowest BCUT2D eigenvalue weighted by atomic mass is 10.1. The molecular weight excluding hydrogens is 426 g/mol. The number of nitrogens with one attached hydrogen (secondary N) is 2. The molecule has 0 aliphatic heterocycles. The van der Waals surface area contributed by atoms with Crippen LogP contribution in [0.4, 0.5) is 5.82 Å². The SMILES string of the molecule is CSc1ncc(C=O)c(NCc2nc3ccc(CCO[Si](C)(C)C(C)(C)C)cc3[nH]2)n1. The van der Waals surface area contributed by atoms with E-state index in [0.29, 0.717) is 23.1 Å². The van der Waals surface area contributed by atoms with E-state index >= 15 is 0 Å². The lowest BCUT2D eigenvalue weighted by molar-refractivity contribution is 0.112. The monoisotopic (exact) mass is 457 g/mol. The Bertz CT molecular complexity index is 1060. The van der Waals surface area contributed by atoms with Crippen molar-refractivity contribution in [3.63, 3.8) is 0 Å². The van der Waals surface area contributed by atoms with Crippen LogP contribution in [0.5, 0.6) is 0 Å². The number of hydrogen-bond acceptors (Lipinski definition) is 7. The summed E-state index contributed by atoms with van der Waals surface area (Å²) in [6.07, 6.45) is 5.05. The number of nitrogens with zero attached hydrogens (tertiary/aromatic N) is 3. The maximum Gasteiger partial charge on any atom is 0.191 e. The van der Waals surface area contributed by atoms with Crippen LogP contribution in [0.1, 0.15) is 42.5 Å². The van der Waals surface area contributed by atoms with Crippen molar-refractivity contribution in [3.05, 3.63) is 41.3 Å². The number of carbonyl (C=O) groups is 1. The number of thioether (sulfide) groups is 1. The molecule has 0 saturated heterocycles. The molecule has 2 heterocycles. The van der Waals surface area contributed by atoms with Gasteiger partial charge in [-0.2, -0.15) is 0 Å². The lowest BCUT2D eigenvalue weighted by Gasteiger charge is -2.36. The van der Waals surface area contributed by atoms with Crippen molar-refractivity contribution in [3.8, 4) is 0 Å². The van der Waals surface area contributed by atoms with Crippen LogP contribution in [0.15, 0.2) is 29.6 Å². The van der Waals surface area contributed by atoms with E-state index in [-0.39, 0.29) is 5.04 Å². The van der Waals surface area contributed by atoms with Gasteiger partial charge in [0.15, 0.2) is 19.8 Å². The summed E-state index contributed by atoms with van der Waals surface area (Å²) in [5.41, 5.74) is 3.55. The molecule has 3 aromatic rings. The van der Waals surface area contributed by atoms with Crippen LogP contribution in [0, 0.1) is 0 Å². The van der Waals surface area contributed by atoms with E-state index in [2.05, 4.69) is 71.3 Å². The molecule has 0 fully saturated rings. The van der Waals surface area contributed by atoms with Gasteiger partial charge in [0.1, 0.15) is 11.6 Å². The van der Waals surface area contributed by atoms with Crippen LogP contribution in [0.25, 0.3) is 11.0 Å². The highest BCUT2D eigenvalue weighted by Crippen LogP contribution is 2.36. The van der Waals surface area contributed by atoms with Gasteiger partial charge in [-0.1, -0.05) is 38.6 Å². The molecule has 0 unspecified atom stereocenters. The number of aldehydes is 1. The van der Waals surface area contributed by atoms with Crippen LogP contribution in [0.2, 0.25) is 18.1 Å². The fraction of sp³-hybridized carbons (Fsp3) is 0.455. The number of hydrogen-bond donors (Lipinski definition) is 2. The van der Waals surface area contributed by atoms with Crippen molar-refractivity contribution in [2.24, 2.45) is 0 Å². The maximum absolute atomic E-state index is 11.3. The number of imidazole rings is 1. The van der Waals surface area contributed by atoms with Crippen molar-refractivity contribution >= 4 is 43.2 Å². The predicted molar refractivity (Wildman–Crippen MR) is 129 cm³/mol. The highest BCUT2D eigenvalue weighted by molar-refractivity contribution is 7.98. The zero-order valence-corrected chi connectivity index (χ0v) is 20.9. The zero-order valence-electron chi connectivity index (χ0n) is 19.1. The van der Waals surface area contributed by atoms with E-state index < -0.39 is 8.32 Å². The quantitative estimate of drug-likeness (QED) is 0.201. The summed E-state index contributed by atoms with van der Waals surface area (Å²) in [6, 6.07) is 6.27. The molecule has 0 spiro atoms. The highest BCUT2D eigenvalue weighted by Gasteiger charge is 2.36. The van der Waals surface area contributed by atoms with E-state index in [4.69, 9.17) is 4.43 Å². The molecule has 2 aromatic heterocycles. The van der Waals surface area contributed by atoms with Crippen molar-refractivity contribution in [1.82, 2.24) is 19.9 Å². The average Bonchev–Trinajstić information content (AvgIpc) is 3.13. The molecule has 2 N–H and O–H groups in total. The summed E-state index contributed by atoms with van der Waals surface area (Å²) in [5.74, 6) is 1.30. The van der Waals surface area contributed by atoms with Gasteiger partial charge < -0.3 is 14.7 Å². The Morgan fingerprint density at radius 2 is 2.03 bits per heavy atom. The fourth-order valence-corrected chi connectivity index (χ4v) is 4.24. The topological polar surface area (TPSA) is 92.8 Å². The third-order valence-corrected chi connectivity index (χ3v) is 10.9. The molecule has 0 radical (unpaired) electrons. The summed E-state index contributed by atoms with van der Waals surface area (Å²) < 4.78 is 6.30. The molecular formula is C22H31N5O2SSi. The normalized spacial score (nSPS) is 12.3. The molecule has 3 rings (SSSR count). The minimum Gasteiger partial charge on any atom is -0.416 e. The van der Waals surface area contributed by atoms with Gasteiger partial charge in [0.2, 0.25) is 0 Å². The Morgan fingerprint density at radius 3 is 2.71 bits per heavy atom. The van der Waals surface area contributed by atoms with Crippen LogP contribution < -0.4 is 5.32 Å². The Balaban J connectivity index is 1.65. The lowest BCUT2D eigenvalue weighted by Crippen LogP contribution is -2.41. The Kier molecular flexibility index (Phi) is 7.18. The number of aromatic amines is 1. The molecule has 0 atom stereocenters. The Labute approximate surface area is 189 Å². The van der Waals surface area contributed by atoms with Crippen LogP contribution in [0.3, 0.4) is 0 Å². The van der Waals surface area contributed by atoms with E-state index in [9.17, 15) is 4.79 Å². The molecule has 0 amide bonds. The molecule has 0 aliphatic rings. The Hall–Kier alpha value is -2.23. The van der Waals surface area contributed by atoms with Gasteiger partial charge in [0.25, 0.3) is 0 Å². The number of anilines is 1. The largest absolute Gasteiger partial charge is 0.416 e. The van der Waals surface area contributed by atoms with Crippen molar-refractivity contribution in [1.29, 1.82) is 0 Å². The van der Waals surface area contributed by atoms with Crippen molar-refractivity contribution in [2.45, 2.75) is 57.0 Å². The maximum atomic E-state index is 11.3. The first-order chi connectivity index (χ1) is 14.6. The summed E-state index contributed by atoms with van der Waals surface area (Å²) >= 11 is 1.43. The molecule has 0 aliphatic carbocycles. The molecule has 1 aromatic carbocycles. The van der Waals surface area contributed by atoms with Crippen LogP contribution >= 0.6 is 11.8 Å². The number of rotatable bonds is 9. The first-order valence-electron chi connectivity index (χ1n) is 10.3. The minimum atomic E-state index is -1.73. The Morgan fingerprint density at radius 1 is 1.26 bits per heavy atom. The highest BCUT2D eigenvalue weighted by atomic mass is 32.2. The van der Waals surface area contributed by atoms with Crippen molar-refractivity contribution < 1.29 is 9.22 Å². The first kappa shape index (κ1) is 23.4. The third-order valence-electron chi connectivity index (χ3n) is 5.78. The van der Waals surface area contributed by atoms with Gasteiger partial charge in [-0.3, -0.25) is 4.79 Å². The zero-order chi connectivity index (χ0) is 22.6. The molecule has 7 nitrogen and oxygen atoms in total. The second-order valence-electron chi connectivity index (χ2n) is 9.03. The van der Waals surface area contributed by atoms with Gasteiger partial charge in [-0.15, -0.1) is 0 Å². The van der Waals surface area contributed by atoms with Gasteiger partial charge in [0, 0.05) is 12.8 Å². The summed E-state index contributed by atoms with van der Waals surface area (Å²) in [6.45, 7) is 12.5. The number of benzene rings is 1. The van der Waals surface area contributed by atoms with E-state index in [1.807, 2.05) is 12.3 Å².